The van der Waals surface area contributed by atoms with E-state index in [0.717, 1.165) is 77.0 Å². The van der Waals surface area contributed by atoms with E-state index in [1.165, 1.54) is 270 Å². The van der Waals surface area contributed by atoms with Crippen molar-refractivity contribution in [1.29, 1.82) is 0 Å². The van der Waals surface area contributed by atoms with Gasteiger partial charge in [0.1, 0.15) is 13.2 Å². The van der Waals surface area contributed by atoms with E-state index in [-0.39, 0.29) is 31.1 Å². The maximum absolute atomic E-state index is 12.9. The second-order valence-electron chi connectivity index (χ2n) is 24.1. The molecule has 0 heterocycles. The van der Waals surface area contributed by atoms with Crippen LogP contribution in [-0.4, -0.2) is 37.2 Å². The summed E-state index contributed by atoms with van der Waals surface area (Å²) in [5.41, 5.74) is 0. The summed E-state index contributed by atoms with van der Waals surface area (Å²) in [6, 6.07) is 0. The lowest BCUT2D eigenvalue weighted by molar-refractivity contribution is -0.167. The van der Waals surface area contributed by atoms with E-state index in [4.69, 9.17) is 14.2 Å². The lowest BCUT2D eigenvalue weighted by Crippen LogP contribution is -2.30. The Morgan fingerprint density at radius 3 is 0.713 bits per heavy atom. The van der Waals surface area contributed by atoms with Crippen LogP contribution < -0.4 is 0 Å². The predicted molar refractivity (Wildman–Crippen MR) is 349 cm³/mol. The van der Waals surface area contributed by atoms with Gasteiger partial charge < -0.3 is 14.2 Å². The van der Waals surface area contributed by atoms with Crippen LogP contribution in [0.1, 0.15) is 387 Å². The Labute approximate surface area is 498 Å². The van der Waals surface area contributed by atoms with Crippen molar-refractivity contribution < 1.29 is 28.6 Å². The molecule has 0 aromatic carbocycles. The third-order valence-corrected chi connectivity index (χ3v) is 16.1. The van der Waals surface area contributed by atoms with Gasteiger partial charge in [0.25, 0.3) is 0 Å². The van der Waals surface area contributed by atoms with Crippen molar-refractivity contribution >= 4 is 17.9 Å². The van der Waals surface area contributed by atoms with E-state index < -0.39 is 6.10 Å². The summed E-state index contributed by atoms with van der Waals surface area (Å²) >= 11 is 0. The summed E-state index contributed by atoms with van der Waals surface area (Å²) < 4.78 is 17.0. The molecule has 0 amide bonds. The number of allylic oxidation sites excluding steroid dienone is 8. The first-order valence-electron chi connectivity index (χ1n) is 35.6. The highest BCUT2D eigenvalue weighted by Crippen LogP contribution is 2.18. The Morgan fingerprint density at radius 2 is 0.450 bits per heavy atom. The predicted octanol–water partition coefficient (Wildman–Crippen LogP) is 24.5. The normalized spacial score (nSPS) is 12.3. The third kappa shape index (κ3) is 66.2. The number of unbranched alkanes of at least 4 members (excludes halogenated alkanes) is 47. The molecular formula is C74H136O6. The fraction of sp³-hybridized carbons (Fsp3) is 0.851. The van der Waals surface area contributed by atoms with Gasteiger partial charge in [-0.3, -0.25) is 14.4 Å². The first-order chi connectivity index (χ1) is 39.5. The molecule has 468 valence electrons. The van der Waals surface area contributed by atoms with Gasteiger partial charge in [-0.05, 0) is 83.5 Å². The van der Waals surface area contributed by atoms with Crippen molar-refractivity contribution in [2.45, 2.75) is 393 Å². The van der Waals surface area contributed by atoms with Crippen molar-refractivity contribution in [2.24, 2.45) is 0 Å². The second kappa shape index (κ2) is 68.9. The topological polar surface area (TPSA) is 78.9 Å². The summed E-state index contributed by atoms with van der Waals surface area (Å²) in [5, 5.41) is 0. The van der Waals surface area contributed by atoms with Crippen LogP contribution in [0.3, 0.4) is 0 Å². The number of hydrogen-bond acceptors (Lipinski definition) is 6. The zero-order chi connectivity index (χ0) is 57.8. The van der Waals surface area contributed by atoms with Crippen LogP contribution in [0.15, 0.2) is 48.6 Å². The minimum atomic E-state index is -0.774. The SMILES string of the molecule is CCCCCCC/C=C\C/C=C\C/C=C\CCCCCCCCCCCCCCCCCCCCC(=O)OCC(COC(=O)CCCCCCCCCCCCCCC)OC(=O)CCCCCCC/C=C\CCCCCCCCC. The van der Waals surface area contributed by atoms with Crippen molar-refractivity contribution in [1.82, 2.24) is 0 Å². The van der Waals surface area contributed by atoms with Crippen molar-refractivity contribution in [3.63, 3.8) is 0 Å². The minimum absolute atomic E-state index is 0.0705. The smallest absolute Gasteiger partial charge is 0.306 e. The molecule has 0 aliphatic carbocycles. The summed E-state index contributed by atoms with van der Waals surface area (Å²) in [5.74, 6) is -0.853. The Bertz CT molecular complexity index is 1380. The molecule has 1 unspecified atom stereocenters. The molecule has 6 nitrogen and oxygen atoms in total. The van der Waals surface area contributed by atoms with Crippen LogP contribution in [0.25, 0.3) is 0 Å². The highest BCUT2D eigenvalue weighted by atomic mass is 16.6. The molecule has 0 rings (SSSR count). The molecule has 6 heteroatoms. The molecule has 0 aliphatic rings. The number of ether oxygens (including phenoxy) is 3. The van der Waals surface area contributed by atoms with Crippen LogP contribution in [0, 0.1) is 0 Å². The van der Waals surface area contributed by atoms with E-state index in [0.29, 0.717) is 19.3 Å². The average molecular weight is 1120 g/mol. The van der Waals surface area contributed by atoms with Crippen LogP contribution in [0.5, 0.6) is 0 Å². The Balaban J connectivity index is 4.12. The van der Waals surface area contributed by atoms with Gasteiger partial charge in [-0.1, -0.05) is 333 Å². The van der Waals surface area contributed by atoms with Crippen LogP contribution >= 0.6 is 0 Å². The van der Waals surface area contributed by atoms with Gasteiger partial charge in [0.2, 0.25) is 0 Å². The van der Waals surface area contributed by atoms with Crippen LogP contribution in [0.2, 0.25) is 0 Å². The van der Waals surface area contributed by atoms with Crippen LogP contribution in [-0.2, 0) is 28.6 Å². The third-order valence-electron chi connectivity index (χ3n) is 16.1. The molecular weight excluding hydrogens is 985 g/mol. The highest BCUT2D eigenvalue weighted by Gasteiger charge is 2.19. The lowest BCUT2D eigenvalue weighted by atomic mass is 10.0. The highest BCUT2D eigenvalue weighted by molar-refractivity contribution is 5.71. The largest absolute Gasteiger partial charge is 0.462 e. The minimum Gasteiger partial charge on any atom is -0.462 e. The first-order valence-corrected chi connectivity index (χ1v) is 35.6. The summed E-state index contributed by atoms with van der Waals surface area (Å²) in [4.78, 5) is 38.3. The van der Waals surface area contributed by atoms with Gasteiger partial charge >= 0.3 is 17.9 Å². The maximum atomic E-state index is 12.9. The number of rotatable bonds is 66. The molecule has 80 heavy (non-hydrogen) atoms. The summed E-state index contributed by atoms with van der Waals surface area (Å²) in [7, 11) is 0. The number of esters is 3. The Kier molecular flexibility index (Phi) is 66.6. The molecule has 0 aromatic heterocycles. The van der Waals surface area contributed by atoms with Gasteiger partial charge in [-0.25, -0.2) is 0 Å². The Hall–Kier alpha value is -2.63. The molecule has 0 bridgehead atoms. The van der Waals surface area contributed by atoms with Gasteiger partial charge in [-0.15, -0.1) is 0 Å². The molecule has 0 spiro atoms. The zero-order valence-electron chi connectivity index (χ0n) is 53.9. The molecule has 0 aromatic rings. The fourth-order valence-electron chi connectivity index (χ4n) is 10.7. The molecule has 0 fully saturated rings. The fourth-order valence-corrected chi connectivity index (χ4v) is 10.7. The number of hydrogen-bond donors (Lipinski definition) is 0. The molecule has 1 atom stereocenters. The summed E-state index contributed by atoms with van der Waals surface area (Å²) in [6.45, 7) is 6.68. The average Bonchev–Trinajstić information content (AvgIpc) is 3.46. The second-order valence-corrected chi connectivity index (χ2v) is 24.1. The van der Waals surface area contributed by atoms with E-state index in [2.05, 4.69) is 69.4 Å². The monoisotopic (exact) mass is 1120 g/mol. The zero-order valence-corrected chi connectivity index (χ0v) is 53.9. The van der Waals surface area contributed by atoms with Crippen molar-refractivity contribution in [3.8, 4) is 0 Å². The number of carbonyl (C=O) groups excluding carboxylic acids is 3. The van der Waals surface area contributed by atoms with Gasteiger partial charge in [0.15, 0.2) is 6.10 Å². The standard InChI is InChI=1S/C74H136O6/c1-4-7-10-13-16-19-22-25-27-29-30-31-32-33-34-35-36-37-38-39-40-41-42-43-44-45-47-49-52-55-58-61-64-67-73(76)79-70-71(69-78-72(75)66-63-60-57-54-51-48-24-21-18-15-12-9-6-3)80-74(77)68-65-62-59-56-53-50-46-28-26-23-20-17-14-11-8-5-2/h22,25,28-30,32-33,46,71H,4-21,23-24,26-27,31,34-45,47-70H2,1-3H3/b25-22-,30-29-,33-32-,46-28-. The van der Waals surface area contributed by atoms with E-state index >= 15 is 0 Å². The van der Waals surface area contributed by atoms with Crippen molar-refractivity contribution in [3.05, 3.63) is 48.6 Å². The molecule has 0 N–H and O–H groups in total. The molecule has 0 radical (unpaired) electrons. The van der Waals surface area contributed by atoms with Gasteiger partial charge in [0, 0.05) is 19.3 Å². The Morgan fingerprint density at radius 1 is 0.250 bits per heavy atom. The van der Waals surface area contributed by atoms with E-state index in [1.807, 2.05) is 0 Å². The van der Waals surface area contributed by atoms with Gasteiger partial charge in [-0.2, -0.15) is 0 Å². The van der Waals surface area contributed by atoms with Gasteiger partial charge in [0.05, 0.1) is 0 Å². The molecule has 0 saturated carbocycles. The van der Waals surface area contributed by atoms with E-state index in [9.17, 15) is 14.4 Å². The van der Waals surface area contributed by atoms with Crippen molar-refractivity contribution in [2.75, 3.05) is 13.2 Å². The summed E-state index contributed by atoms with van der Waals surface area (Å²) in [6.07, 6.45) is 87.2. The maximum Gasteiger partial charge on any atom is 0.306 e. The van der Waals surface area contributed by atoms with Crippen LogP contribution in [0.4, 0.5) is 0 Å². The molecule has 0 aliphatic heterocycles. The lowest BCUT2D eigenvalue weighted by Gasteiger charge is -2.18. The quantitative estimate of drug-likeness (QED) is 0.0261. The molecule has 0 saturated heterocycles. The first kappa shape index (κ1) is 77.4. The number of carbonyl (C=O) groups is 3. The van der Waals surface area contributed by atoms with E-state index in [1.54, 1.807) is 0 Å².